The minimum absolute atomic E-state index is 0.406. The number of nitrogens with zero attached hydrogens (tertiary/aromatic N) is 1. The molecule has 1 heterocycles. The molecule has 1 aromatic heterocycles. The number of rotatable bonds is 11. The third kappa shape index (κ3) is 7.13. The van der Waals surface area contributed by atoms with Crippen LogP contribution in [0.3, 0.4) is 0 Å². The van der Waals surface area contributed by atoms with Crippen molar-refractivity contribution in [2.75, 3.05) is 13.7 Å². The molecule has 2 aromatic rings. The van der Waals surface area contributed by atoms with Gasteiger partial charge in [0.2, 0.25) is 11.8 Å². The van der Waals surface area contributed by atoms with E-state index in [0.717, 1.165) is 54.3 Å². The molecule has 27 heavy (non-hydrogen) atoms. The van der Waals surface area contributed by atoms with Crippen molar-refractivity contribution in [2.45, 2.75) is 39.0 Å². The molecule has 0 saturated carbocycles. The standard InChI is InChI=1S/C22H28N2O3/c1-17(15-21(23)25)11-7-5-3-4-6-10-14-27-20-16-22(26-2)24-19-13-9-8-12-18(19)20/h7-9,11-13,15-16H,3-6,10,14H2,1-2H3,(H2,23,25). The summed E-state index contributed by atoms with van der Waals surface area (Å²) in [6, 6.07) is 9.75. The van der Waals surface area contributed by atoms with Gasteiger partial charge in [-0.05, 0) is 43.9 Å². The Morgan fingerprint density at radius 1 is 1.19 bits per heavy atom. The van der Waals surface area contributed by atoms with E-state index in [2.05, 4.69) is 11.1 Å². The van der Waals surface area contributed by atoms with E-state index in [1.54, 1.807) is 7.11 Å². The van der Waals surface area contributed by atoms with E-state index in [1.165, 1.54) is 6.08 Å². The van der Waals surface area contributed by atoms with E-state index in [0.29, 0.717) is 12.5 Å². The molecule has 0 unspecified atom stereocenters. The lowest BCUT2D eigenvalue weighted by Crippen LogP contribution is -2.06. The van der Waals surface area contributed by atoms with Crippen molar-refractivity contribution in [3.63, 3.8) is 0 Å². The highest BCUT2D eigenvalue weighted by Crippen LogP contribution is 2.28. The van der Waals surface area contributed by atoms with Crippen molar-refractivity contribution in [3.05, 3.63) is 54.1 Å². The first-order valence-electron chi connectivity index (χ1n) is 9.31. The minimum atomic E-state index is -0.406. The van der Waals surface area contributed by atoms with Crippen LogP contribution in [0.15, 0.2) is 54.1 Å². The lowest BCUT2D eigenvalue weighted by Gasteiger charge is -2.10. The number of hydrogen-bond acceptors (Lipinski definition) is 4. The number of primary amides is 1. The largest absolute Gasteiger partial charge is 0.493 e. The highest BCUT2D eigenvalue weighted by molar-refractivity contribution is 5.87. The van der Waals surface area contributed by atoms with Crippen molar-refractivity contribution in [2.24, 2.45) is 5.73 Å². The predicted octanol–water partition coefficient (Wildman–Crippen LogP) is 4.56. The van der Waals surface area contributed by atoms with Gasteiger partial charge in [-0.1, -0.05) is 37.1 Å². The van der Waals surface area contributed by atoms with Crippen molar-refractivity contribution in [3.8, 4) is 11.6 Å². The first-order chi connectivity index (χ1) is 13.1. The SMILES string of the molecule is COc1cc(OCCCCCCC=CC(C)=CC(N)=O)c2ccccc2n1. The smallest absolute Gasteiger partial charge is 0.241 e. The van der Waals surface area contributed by atoms with E-state index in [-0.39, 0.29) is 0 Å². The Balaban J connectivity index is 1.70. The van der Waals surface area contributed by atoms with E-state index in [4.69, 9.17) is 15.2 Å². The monoisotopic (exact) mass is 368 g/mol. The third-order valence-electron chi connectivity index (χ3n) is 4.14. The highest BCUT2D eigenvalue weighted by atomic mass is 16.5. The van der Waals surface area contributed by atoms with Crippen LogP contribution in [0.4, 0.5) is 0 Å². The molecule has 0 aliphatic heterocycles. The van der Waals surface area contributed by atoms with Crippen LogP contribution < -0.4 is 15.2 Å². The fourth-order valence-electron chi connectivity index (χ4n) is 2.79. The van der Waals surface area contributed by atoms with Gasteiger partial charge in [-0.2, -0.15) is 0 Å². The van der Waals surface area contributed by atoms with Crippen LogP contribution in [0.1, 0.15) is 39.0 Å². The van der Waals surface area contributed by atoms with Crippen molar-refractivity contribution in [1.82, 2.24) is 4.98 Å². The van der Waals surface area contributed by atoms with Crippen LogP contribution in [0.2, 0.25) is 0 Å². The van der Waals surface area contributed by atoms with Crippen LogP contribution in [0.25, 0.3) is 10.9 Å². The Labute approximate surface area is 160 Å². The molecule has 1 amide bonds. The quantitative estimate of drug-likeness (QED) is 0.358. The molecule has 0 radical (unpaired) electrons. The number of carbonyl (C=O) groups excluding carboxylic acids is 1. The Hall–Kier alpha value is -2.82. The van der Waals surface area contributed by atoms with Crippen molar-refractivity contribution >= 4 is 16.8 Å². The molecule has 0 atom stereocenters. The molecule has 5 heteroatoms. The first kappa shape index (κ1) is 20.5. The summed E-state index contributed by atoms with van der Waals surface area (Å²) >= 11 is 0. The molecule has 0 aliphatic carbocycles. The number of unbranched alkanes of at least 4 members (excludes halogenated alkanes) is 4. The van der Waals surface area contributed by atoms with E-state index >= 15 is 0 Å². The summed E-state index contributed by atoms with van der Waals surface area (Å²) in [4.78, 5) is 15.2. The van der Waals surface area contributed by atoms with Crippen molar-refractivity contribution < 1.29 is 14.3 Å². The molecular weight excluding hydrogens is 340 g/mol. The average Bonchev–Trinajstić information content (AvgIpc) is 2.65. The highest BCUT2D eigenvalue weighted by Gasteiger charge is 2.06. The zero-order chi connectivity index (χ0) is 19.5. The molecule has 2 rings (SSSR count). The molecule has 0 bridgehead atoms. The van der Waals surface area contributed by atoms with Gasteiger partial charge in [0.05, 0.1) is 19.2 Å². The number of amides is 1. The number of benzene rings is 1. The molecule has 2 N–H and O–H groups in total. The first-order valence-corrected chi connectivity index (χ1v) is 9.31. The second-order valence-electron chi connectivity index (χ2n) is 6.42. The molecule has 0 spiro atoms. The predicted molar refractivity (Wildman–Crippen MR) is 109 cm³/mol. The van der Waals surface area contributed by atoms with Crippen LogP contribution in [0, 0.1) is 0 Å². The minimum Gasteiger partial charge on any atom is -0.493 e. The van der Waals surface area contributed by atoms with Crippen molar-refractivity contribution in [1.29, 1.82) is 0 Å². The van der Waals surface area contributed by atoms with Gasteiger partial charge in [-0.25, -0.2) is 4.98 Å². The van der Waals surface area contributed by atoms with Crippen LogP contribution in [-0.4, -0.2) is 24.6 Å². The zero-order valence-corrected chi connectivity index (χ0v) is 16.1. The molecule has 0 fully saturated rings. The topological polar surface area (TPSA) is 74.4 Å². The lowest BCUT2D eigenvalue weighted by atomic mass is 10.1. The lowest BCUT2D eigenvalue weighted by molar-refractivity contribution is -0.113. The Morgan fingerprint density at radius 2 is 1.96 bits per heavy atom. The van der Waals surface area contributed by atoms with Gasteiger partial charge in [0, 0.05) is 17.5 Å². The van der Waals surface area contributed by atoms with Crippen LogP contribution in [0.5, 0.6) is 11.6 Å². The molecule has 5 nitrogen and oxygen atoms in total. The summed E-state index contributed by atoms with van der Waals surface area (Å²) < 4.78 is 11.2. The number of nitrogens with two attached hydrogens (primary N) is 1. The molecular formula is C22H28N2O3. The van der Waals surface area contributed by atoms with E-state index in [9.17, 15) is 4.79 Å². The molecule has 0 aliphatic rings. The zero-order valence-electron chi connectivity index (χ0n) is 16.1. The molecule has 144 valence electrons. The van der Waals surface area contributed by atoms with Gasteiger partial charge >= 0.3 is 0 Å². The number of para-hydroxylation sites is 1. The normalized spacial score (nSPS) is 11.9. The number of hydrogen-bond donors (Lipinski definition) is 1. The summed E-state index contributed by atoms with van der Waals surface area (Å²) in [7, 11) is 1.61. The fraction of sp³-hybridized carbons (Fsp3) is 0.364. The summed E-state index contributed by atoms with van der Waals surface area (Å²) in [5.41, 5.74) is 6.87. The maximum absolute atomic E-state index is 10.7. The third-order valence-corrected chi connectivity index (χ3v) is 4.14. The Kier molecular flexibility index (Phi) is 8.36. The molecule has 1 aromatic carbocycles. The van der Waals surface area contributed by atoms with Gasteiger partial charge in [-0.15, -0.1) is 0 Å². The van der Waals surface area contributed by atoms with Gasteiger partial charge in [0.15, 0.2) is 0 Å². The number of methoxy groups -OCH3 is 1. The average molecular weight is 368 g/mol. The number of fused-ring (bicyclic) bond motifs is 1. The Bertz CT molecular complexity index is 812. The number of aromatic nitrogens is 1. The molecule has 0 saturated heterocycles. The second-order valence-corrected chi connectivity index (χ2v) is 6.42. The summed E-state index contributed by atoms with van der Waals surface area (Å²) in [5.74, 6) is 0.977. The maximum Gasteiger partial charge on any atom is 0.241 e. The van der Waals surface area contributed by atoms with Gasteiger partial charge in [-0.3, -0.25) is 4.79 Å². The van der Waals surface area contributed by atoms with Crippen LogP contribution >= 0.6 is 0 Å². The summed E-state index contributed by atoms with van der Waals surface area (Å²) in [6.07, 6.45) is 10.8. The maximum atomic E-state index is 10.7. The number of allylic oxidation sites excluding steroid dienone is 3. The second kappa shape index (κ2) is 11.0. The van der Waals surface area contributed by atoms with E-state index in [1.807, 2.05) is 43.3 Å². The number of ether oxygens (including phenoxy) is 2. The summed E-state index contributed by atoms with van der Waals surface area (Å²) in [5, 5.41) is 1.00. The van der Waals surface area contributed by atoms with Gasteiger partial charge in [0.25, 0.3) is 0 Å². The fourth-order valence-corrected chi connectivity index (χ4v) is 2.79. The number of carbonyl (C=O) groups is 1. The summed E-state index contributed by atoms with van der Waals surface area (Å²) in [6.45, 7) is 2.55. The van der Waals surface area contributed by atoms with Gasteiger partial charge < -0.3 is 15.2 Å². The van der Waals surface area contributed by atoms with Crippen LogP contribution in [-0.2, 0) is 4.79 Å². The number of pyridine rings is 1. The van der Waals surface area contributed by atoms with E-state index < -0.39 is 5.91 Å². The van der Waals surface area contributed by atoms with Gasteiger partial charge in [0.1, 0.15) is 5.75 Å². The Morgan fingerprint density at radius 3 is 2.74 bits per heavy atom.